The van der Waals surface area contributed by atoms with E-state index in [0.29, 0.717) is 39.6 Å². The molecule has 1 unspecified atom stereocenters. The fourth-order valence-electron chi connectivity index (χ4n) is 1.48. The normalized spacial score (nSPS) is 14.5. The fourth-order valence-corrected chi connectivity index (χ4v) is 1.48. The lowest BCUT2D eigenvalue weighted by atomic mass is 10.0. The van der Waals surface area contributed by atoms with Gasteiger partial charge in [-0.3, -0.25) is 0 Å². The maximum Gasteiger partial charge on any atom is 0.0776 e. The molecule has 0 aromatic carbocycles. The van der Waals surface area contributed by atoms with Crippen molar-refractivity contribution in [3.63, 3.8) is 0 Å². The number of methoxy groups -OCH3 is 1. The van der Waals surface area contributed by atoms with Gasteiger partial charge in [-0.25, -0.2) is 0 Å². The summed E-state index contributed by atoms with van der Waals surface area (Å²) >= 11 is 0. The molecule has 0 aliphatic rings. The molecule has 0 fully saturated rings. The van der Waals surface area contributed by atoms with Crippen molar-refractivity contribution in [3.8, 4) is 0 Å². The SMILES string of the molecule is CCNCC(C)(CC)OCCOCCOCCOC. The molecule has 0 bridgehead atoms. The molecule has 0 heterocycles. The number of hydrogen-bond acceptors (Lipinski definition) is 5. The van der Waals surface area contributed by atoms with Crippen molar-refractivity contribution < 1.29 is 18.9 Å². The molecule has 0 aliphatic heterocycles. The monoisotopic (exact) mass is 277 g/mol. The summed E-state index contributed by atoms with van der Waals surface area (Å²) in [5, 5.41) is 3.32. The van der Waals surface area contributed by atoms with Crippen molar-refractivity contribution in [3.05, 3.63) is 0 Å². The Balaban J connectivity index is 3.40. The van der Waals surface area contributed by atoms with E-state index in [-0.39, 0.29) is 5.60 Å². The molecule has 0 saturated heterocycles. The van der Waals surface area contributed by atoms with Crippen LogP contribution in [0.3, 0.4) is 0 Å². The molecule has 0 rings (SSSR count). The summed E-state index contributed by atoms with van der Waals surface area (Å²) in [5.41, 5.74) is -0.103. The molecule has 1 N–H and O–H groups in total. The topological polar surface area (TPSA) is 49.0 Å². The lowest BCUT2D eigenvalue weighted by Crippen LogP contribution is -2.40. The van der Waals surface area contributed by atoms with E-state index in [1.165, 1.54) is 0 Å². The molecule has 5 heteroatoms. The van der Waals surface area contributed by atoms with Gasteiger partial charge in [0.05, 0.1) is 45.2 Å². The van der Waals surface area contributed by atoms with Crippen molar-refractivity contribution in [1.29, 1.82) is 0 Å². The first-order valence-electron chi connectivity index (χ1n) is 7.17. The Labute approximate surface area is 117 Å². The standard InChI is InChI=1S/C14H31NO4/c1-5-14(3,13-15-6-2)19-12-11-18-10-9-17-8-7-16-4/h15H,5-13H2,1-4H3. The third-order valence-corrected chi connectivity index (χ3v) is 2.98. The van der Waals surface area contributed by atoms with Crippen LogP contribution in [0.2, 0.25) is 0 Å². The third kappa shape index (κ3) is 11.3. The lowest BCUT2D eigenvalue weighted by molar-refractivity contribution is -0.0631. The molecular formula is C14H31NO4. The van der Waals surface area contributed by atoms with E-state index in [2.05, 4.69) is 26.1 Å². The van der Waals surface area contributed by atoms with Crippen LogP contribution in [0.25, 0.3) is 0 Å². The zero-order valence-corrected chi connectivity index (χ0v) is 13.0. The first kappa shape index (κ1) is 18.8. The van der Waals surface area contributed by atoms with Gasteiger partial charge in [-0.2, -0.15) is 0 Å². The highest BCUT2D eigenvalue weighted by Gasteiger charge is 2.21. The number of nitrogens with one attached hydrogen (secondary N) is 1. The van der Waals surface area contributed by atoms with Crippen molar-refractivity contribution in [2.45, 2.75) is 32.8 Å². The smallest absolute Gasteiger partial charge is 0.0776 e. The highest BCUT2D eigenvalue weighted by atomic mass is 16.6. The Hall–Kier alpha value is -0.200. The van der Waals surface area contributed by atoms with Gasteiger partial charge in [0, 0.05) is 13.7 Å². The Morgan fingerprint density at radius 1 is 0.895 bits per heavy atom. The second-order valence-electron chi connectivity index (χ2n) is 4.65. The van der Waals surface area contributed by atoms with Gasteiger partial charge in [0.1, 0.15) is 0 Å². The number of likely N-dealkylation sites (N-methyl/N-ethyl adjacent to an activating group) is 1. The van der Waals surface area contributed by atoms with Crippen LogP contribution in [-0.4, -0.2) is 65.4 Å². The minimum absolute atomic E-state index is 0.103. The van der Waals surface area contributed by atoms with E-state index in [0.717, 1.165) is 19.5 Å². The molecule has 0 spiro atoms. The zero-order valence-electron chi connectivity index (χ0n) is 13.0. The van der Waals surface area contributed by atoms with Crippen molar-refractivity contribution >= 4 is 0 Å². The first-order valence-corrected chi connectivity index (χ1v) is 7.17. The summed E-state index contributed by atoms with van der Waals surface area (Å²) in [6.07, 6.45) is 0.986. The molecule has 0 aliphatic carbocycles. The predicted octanol–water partition coefficient (Wildman–Crippen LogP) is 1.46. The van der Waals surface area contributed by atoms with E-state index >= 15 is 0 Å². The van der Waals surface area contributed by atoms with Crippen LogP contribution in [0.15, 0.2) is 0 Å². The van der Waals surface area contributed by atoms with Gasteiger partial charge in [0.25, 0.3) is 0 Å². The summed E-state index contributed by atoms with van der Waals surface area (Å²) in [4.78, 5) is 0. The van der Waals surface area contributed by atoms with E-state index < -0.39 is 0 Å². The molecule has 19 heavy (non-hydrogen) atoms. The van der Waals surface area contributed by atoms with Gasteiger partial charge >= 0.3 is 0 Å². The summed E-state index contributed by atoms with van der Waals surface area (Å²) in [6.45, 7) is 11.9. The third-order valence-electron chi connectivity index (χ3n) is 2.98. The molecule has 0 radical (unpaired) electrons. The van der Waals surface area contributed by atoms with Crippen LogP contribution in [-0.2, 0) is 18.9 Å². The van der Waals surface area contributed by atoms with Crippen LogP contribution in [0.5, 0.6) is 0 Å². The van der Waals surface area contributed by atoms with E-state index in [4.69, 9.17) is 18.9 Å². The van der Waals surface area contributed by atoms with Crippen LogP contribution in [0, 0.1) is 0 Å². The Kier molecular flexibility index (Phi) is 12.7. The maximum absolute atomic E-state index is 5.88. The van der Waals surface area contributed by atoms with Crippen molar-refractivity contribution in [2.75, 3.05) is 59.8 Å². The molecule has 1 atom stereocenters. The molecule has 0 amide bonds. The maximum atomic E-state index is 5.88. The van der Waals surface area contributed by atoms with Crippen molar-refractivity contribution in [2.24, 2.45) is 0 Å². The Bertz CT molecular complexity index is 192. The Morgan fingerprint density at radius 3 is 2.00 bits per heavy atom. The van der Waals surface area contributed by atoms with Gasteiger partial charge in [0.15, 0.2) is 0 Å². The number of rotatable bonds is 14. The fraction of sp³-hybridized carbons (Fsp3) is 1.00. The van der Waals surface area contributed by atoms with Crippen LogP contribution >= 0.6 is 0 Å². The van der Waals surface area contributed by atoms with Gasteiger partial charge in [-0.1, -0.05) is 13.8 Å². The molecule has 0 aromatic rings. The average molecular weight is 277 g/mol. The largest absolute Gasteiger partial charge is 0.382 e. The molecule has 5 nitrogen and oxygen atoms in total. The highest BCUT2D eigenvalue weighted by molar-refractivity contribution is 4.75. The summed E-state index contributed by atoms with van der Waals surface area (Å²) in [6, 6.07) is 0. The lowest BCUT2D eigenvalue weighted by Gasteiger charge is -2.29. The van der Waals surface area contributed by atoms with Gasteiger partial charge in [0.2, 0.25) is 0 Å². The highest BCUT2D eigenvalue weighted by Crippen LogP contribution is 2.13. The summed E-state index contributed by atoms with van der Waals surface area (Å²) in [5.74, 6) is 0. The second kappa shape index (κ2) is 12.8. The van der Waals surface area contributed by atoms with E-state index in [1.807, 2.05) is 0 Å². The van der Waals surface area contributed by atoms with Gasteiger partial charge in [-0.15, -0.1) is 0 Å². The van der Waals surface area contributed by atoms with Crippen LogP contribution in [0.4, 0.5) is 0 Å². The average Bonchev–Trinajstić information content (AvgIpc) is 2.43. The molecular weight excluding hydrogens is 246 g/mol. The van der Waals surface area contributed by atoms with Crippen LogP contribution in [0.1, 0.15) is 27.2 Å². The van der Waals surface area contributed by atoms with E-state index in [9.17, 15) is 0 Å². The Morgan fingerprint density at radius 2 is 1.47 bits per heavy atom. The minimum atomic E-state index is -0.103. The molecule has 0 saturated carbocycles. The number of hydrogen-bond donors (Lipinski definition) is 1. The number of ether oxygens (including phenoxy) is 4. The second-order valence-corrected chi connectivity index (χ2v) is 4.65. The predicted molar refractivity (Wildman–Crippen MR) is 76.7 cm³/mol. The summed E-state index contributed by atoms with van der Waals surface area (Å²) in [7, 11) is 1.66. The quantitative estimate of drug-likeness (QED) is 0.487. The molecule has 0 aromatic heterocycles. The zero-order chi connectivity index (χ0) is 14.4. The molecule has 116 valence electrons. The first-order chi connectivity index (χ1) is 9.18. The van der Waals surface area contributed by atoms with Crippen molar-refractivity contribution in [1.82, 2.24) is 5.32 Å². The van der Waals surface area contributed by atoms with Crippen LogP contribution < -0.4 is 5.32 Å². The van der Waals surface area contributed by atoms with Gasteiger partial charge < -0.3 is 24.3 Å². The van der Waals surface area contributed by atoms with Gasteiger partial charge in [-0.05, 0) is 19.9 Å². The summed E-state index contributed by atoms with van der Waals surface area (Å²) < 4.78 is 21.5. The van der Waals surface area contributed by atoms with E-state index in [1.54, 1.807) is 7.11 Å². The minimum Gasteiger partial charge on any atom is -0.382 e.